The van der Waals surface area contributed by atoms with E-state index < -0.39 is 29.6 Å². The molecule has 0 fully saturated rings. The van der Waals surface area contributed by atoms with Crippen LogP contribution in [-0.2, 0) is 16.0 Å². The summed E-state index contributed by atoms with van der Waals surface area (Å²) in [6, 6.07) is 8.09. The van der Waals surface area contributed by atoms with E-state index in [1.54, 1.807) is 30.3 Å². The first-order valence-corrected chi connectivity index (χ1v) is 11.5. The predicted molar refractivity (Wildman–Crippen MR) is 137 cm³/mol. The number of benzene rings is 2. The second kappa shape index (κ2) is 10.1. The fourth-order valence-corrected chi connectivity index (χ4v) is 4.19. The third-order valence-corrected chi connectivity index (χ3v) is 6.19. The van der Waals surface area contributed by atoms with Crippen molar-refractivity contribution >= 4 is 46.8 Å². The van der Waals surface area contributed by atoms with E-state index in [4.69, 9.17) is 5.11 Å². The SMILES string of the molecule is Cc1ccc(C(=O)NC(=O)Nc2cc3c(cc2F)C(=Cc2[nH]c(C)c(CCC(=O)O)c2C)C(=O)N3)cc1. The number of imide groups is 1. The number of aromatic amines is 1. The minimum atomic E-state index is -0.920. The molecule has 0 spiro atoms. The lowest BCUT2D eigenvalue weighted by Gasteiger charge is -2.10. The van der Waals surface area contributed by atoms with Crippen LogP contribution in [0.4, 0.5) is 20.6 Å². The van der Waals surface area contributed by atoms with Crippen molar-refractivity contribution < 1.29 is 28.7 Å². The van der Waals surface area contributed by atoms with Gasteiger partial charge in [-0.15, -0.1) is 0 Å². The first-order valence-electron chi connectivity index (χ1n) is 11.5. The van der Waals surface area contributed by atoms with Gasteiger partial charge in [0.1, 0.15) is 5.82 Å². The smallest absolute Gasteiger partial charge is 0.326 e. The number of aliphatic carboxylic acids is 1. The molecule has 10 heteroatoms. The third-order valence-electron chi connectivity index (χ3n) is 6.19. The van der Waals surface area contributed by atoms with Gasteiger partial charge in [-0.1, -0.05) is 17.7 Å². The molecule has 0 aliphatic carbocycles. The molecule has 0 unspecified atom stereocenters. The Morgan fingerprint density at radius 2 is 1.78 bits per heavy atom. The van der Waals surface area contributed by atoms with Crippen molar-refractivity contribution in [1.82, 2.24) is 10.3 Å². The number of hydrogen-bond acceptors (Lipinski definition) is 4. The summed E-state index contributed by atoms with van der Waals surface area (Å²) in [5.41, 5.74) is 4.91. The lowest BCUT2D eigenvalue weighted by Crippen LogP contribution is -2.34. The third kappa shape index (κ3) is 5.43. The van der Waals surface area contributed by atoms with Crippen LogP contribution in [0.2, 0.25) is 0 Å². The maximum atomic E-state index is 14.9. The Kier molecular flexibility index (Phi) is 6.92. The molecule has 0 radical (unpaired) electrons. The number of H-pyrrole nitrogens is 1. The summed E-state index contributed by atoms with van der Waals surface area (Å²) in [7, 11) is 0. The fourth-order valence-electron chi connectivity index (χ4n) is 4.19. The van der Waals surface area contributed by atoms with Crippen LogP contribution < -0.4 is 16.0 Å². The number of fused-ring (bicyclic) bond motifs is 1. The van der Waals surface area contributed by atoms with Crippen LogP contribution in [0, 0.1) is 26.6 Å². The van der Waals surface area contributed by atoms with Crippen LogP contribution in [0.5, 0.6) is 0 Å². The van der Waals surface area contributed by atoms with Crippen molar-refractivity contribution in [2.45, 2.75) is 33.6 Å². The summed E-state index contributed by atoms with van der Waals surface area (Å²) >= 11 is 0. The van der Waals surface area contributed by atoms with Crippen LogP contribution in [0.3, 0.4) is 0 Å². The largest absolute Gasteiger partial charge is 0.481 e. The highest BCUT2D eigenvalue weighted by Crippen LogP contribution is 2.37. The summed E-state index contributed by atoms with van der Waals surface area (Å²) in [4.78, 5) is 51.4. The van der Waals surface area contributed by atoms with Gasteiger partial charge in [0.25, 0.3) is 11.8 Å². The number of urea groups is 1. The summed E-state index contributed by atoms with van der Waals surface area (Å²) in [5.74, 6) is -2.79. The topological polar surface area (TPSA) is 140 Å². The fraction of sp³-hybridized carbons (Fsp3) is 0.185. The molecule has 0 saturated carbocycles. The molecule has 1 aliphatic rings. The summed E-state index contributed by atoms with van der Waals surface area (Å²) < 4.78 is 14.9. The normalized spacial score (nSPS) is 13.3. The number of anilines is 2. The number of aryl methyl sites for hydroxylation is 2. The Labute approximate surface area is 211 Å². The second-order valence-electron chi connectivity index (χ2n) is 8.83. The molecule has 3 aromatic rings. The molecule has 0 bridgehead atoms. The number of carboxylic acid groups (broad SMARTS) is 1. The summed E-state index contributed by atoms with van der Waals surface area (Å²) in [6.07, 6.45) is 1.91. The quantitative estimate of drug-likeness (QED) is 0.313. The van der Waals surface area contributed by atoms with E-state index in [0.29, 0.717) is 23.4 Å². The number of carbonyl (C=O) groups is 4. The molecule has 4 amide bonds. The number of carbonyl (C=O) groups excluding carboxylic acids is 3. The molecule has 5 N–H and O–H groups in total. The van der Waals surface area contributed by atoms with Gasteiger partial charge in [-0.25, -0.2) is 9.18 Å². The van der Waals surface area contributed by atoms with E-state index >= 15 is 0 Å². The zero-order valence-corrected chi connectivity index (χ0v) is 20.4. The van der Waals surface area contributed by atoms with E-state index in [0.717, 1.165) is 28.5 Å². The maximum absolute atomic E-state index is 14.9. The minimum Gasteiger partial charge on any atom is -0.481 e. The number of rotatable bonds is 6. The van der Waals surface area contributed by atoms with Crippen LogP contribution in [0.1, 0.15) is 50.4 Å². The van der Waals surface area contributed by atoms with Gasteiger partial charge in [0.15, 0.2) is 0 Å². The summed E-state index contributed by atoms with van der Waals surface area (Å²) in [5, 5.41) is 16.1. The number of aromatic nitrogens is 1. The van der Waals surface area contributed by atoms with E-state index in [2.05, 4.69) is 20.9 Å². The predicted octanol–water partition coefficient (Wildman–Crippen LogP) is 4.55. The van der Waals surface area contributed by atoms with Crippen LogP contribution >= 0.6 is 0 Å². The monoisotopic (exact) mass is 504 g/mol. The second-order valence-corrected chi connectivity index (χ2v) is 8.83. The first-order chi connectivity index (χ1) is 17.5. The van der Waals surface area contributed by atoms with Gasteiger partial charge in [-0.3, -0.25) is 19.7 Å². The van der Waals surface area contributed by atoms with Gasteiger partial charge in [0, 0.05) is 28.9 Å². The molecule has 2 heterocycles. The Morgan fingerprint density at radius 3 is 2.46 bits per heavy atom. The van der Waals surface area contributed by atoms with Gasteiger partial charge < -0.3 is 20.7 Å². The van der Waals surface area contributed by atoms with Crippen molar-refractivity contribution in [3.05, 3.63) is 81.4 Å². The number of amides is 4. The Hall–Kier alpha value is -4.73. The lowest BCUT2D eigenvalue weighted by molar-refractivity contribution is -0.137. The number of halogens is 1. The molecule has 9 nitrogen and oxygen atoms in total. The molecule has 0 atom stereocenters. The van der Waals surface area contributed by atoms with Gasteiger partial charge >= 0.3 is 12.0 Å². The molecule has 0 saturated heterocycles. The highest BCUT2D eigenvalue weighted by Gasteiger charge is 2.27. The van der Waals surface area contributed by atoms with Crippen molar-refractivity contribution in [2.24, 2.45) is 0 Å². The zero-order chi connectivity index (χ0) is 26.9. The first kappa shape index (κ1) is 25.4. The average molecular weight is 505 g/mol. The van der Waals surface area contributed by atoms with Crippen LogP contribution in [-0.4, -0.2) is 33.9 Å². The molecule has 1 aliphatic heterocycles. The minimum absolute atomic E-state index is 0.0238. The Balaban J connectivity index is 1.54. The molecule has 2 aromatic carbocycles. The Morgan fingerprint density at radius 1 is 1.08 bits per heavy atom. The van der Waals surface area contributed by atoms with Crippen molar-refractivity contribution in [3.63, 3.8) is 0 Å². The molecular formula is C27H25FN4O5. The van der Waals surface area contributed by atoms with E-state index in [9.17, 15) is 23.6 Å². The van der Waals surface area contributed by atoms with E-state index in [1.165, 1.54) is 6.07 Å². The molecule has 1 aromatic heterocycles. The van der Waals surface area contributed by atoms with Gasteiger partial charge in [0.05, 0.1) is 16.9 Å². The average Bonchev–Trinajstić information content (AvgIpc) is 3.27. The molecule has 4 rings (SSSR count). The van der Waals surface area contributed by atoms with Crippen molar-refractivity contribution in [2.75, 3.05) is 10.6 Å². The Bertz CT molecular complexity index is 1470. The maximum Gasteiger partial charge on any atom is 0.326 e. The van der Waals surface area contributed by atoms with E-state index in [1.807, 2.05) is 20.8 Å². The number of carboxylic acids is 1. The van der Waals surface area contributed by atoms with Gasteiger partial charge in [-0.2, -0.15) is 0 Å². The highest BCUT2D eigenvalue weighted by atomic mass is 19.1. The van der Waals surface area contributed by atoms with E-state index in [-0.39, 0.29) is 23.2 Å². The lowest BCUT2D eigenvalue weighted by atomic mass is 10.0. The van der Waals surface area contributed by atoms with Crippen molar-refractivity contribution in [3.8, 4) is 0 Å². The van der Waals surface area contributed by atoms with Crippen LogP contribution in [0.15, 0.2) is 36.4 Å². The molecular weight excluding hydrogens is 479 g/mol. The molecule has 190 valence electrons. The van der Waals surface area contributed by atoms with Gasteiger partial charge in [-0.05, 0) is 68.7 Å². The number of nitrogens with one attached hydrogen (secondary N) is 4. The van der Waals surface area contributed by atoms with Crippen LogP contribution in [0.25, 0.3) is 11.6 Å². The van der Waals surface area contributed by atoms with Gasteiger partial charge in [0.2, 0.25) is 0 Å². The van der Waals surface area contributed by atoms with Crippen molar-refractivity contribution in [1.29, 1.82) is 0 Å². The molecule has 37 heavy (non-hydrogen) atoms. The summed E-state index contributed by atoms with van der Waals surface area (Å²) in [6.45, 7) is 5.51. The zero-order valence-electron chi connectivity index (χ0n) is 20.4. The standard InChI is InChI=1S/C27H25FN4O5/c1-13-4-6-16(7-5-13)25(35)32-27(37)31-23-12-22-18(10-20(23)28)19(26(36)30-22)11-21-14(2)17(15(3)29-21)8-9-24(33)34/h4-7,10-12,29H,8-9H2,1-3H3,(H,30,36)(H,33,34)(H2,31,32,35,37). The number of hydrogen-bond donors (Lipinski definition) is 5. The highest BCUT2D eigenvalue weighted by molar-refractivity contribution is 6.35.